The summed E-state index contributed by atoms with van der Waals surface area (Å²) >= 11 is 5.26. The molecular formula is C10H5ClFNO2. The van der Waals surface area contributed by atoms with Gasteiger partial charge in [-0.15, -0.1) is 11.6 Å². The molecule has 76 valence electrons. The van der Waals surface area contributed by atoms with Crippen LogP contribution < -0.4 is 0 Å². The summed E-state index contributed by atoms with van der Waals surface area (Å²) in [6.07, 6.45) is 0.358. The summed E-state index contributed by atoms with van der Waals surface area (Å²) in [5.74, 6) is -1.84. The minimum atomic E-state index is -0.846. The number of carbonyl (C=O) groups excluding carboxylic acids is 2. The monoisotopic (exact) mass is 225 g/mol. The van der Waals surface area contributed by atoms with Gasteiger partial charge >= 0.3 is 0 Å². The van der Waals surface area contributed by atoms with E-state index in [-0.39, 0.29) is 22.6 Å². The van der Waals surface area contributed by atoms with Gasteiger partial charge in [0.2, 0.25) is 0 Å². The van der Waals surface area contributed by atoms with E-state index in [0.717, 1.165) is 12.1 Å². The molecule has 0 bridgehead atoms. The molecule has 0 saturated heterocycles. The molecule has 5 heteroatoms. The Kier molecular flexibility index (Phi) is 3.53. The van der Waals surface area contributed by atoms with Gasteiger partial charge in [0, 0.05) is 5.56 Å². The average molecular weight is 226 g/mol. The fourth-order valence-electron chi connectivity index (χ4n) is 1.07. The molecule has 0 fully saturated rings. The van der Waals surface area contributed by atoms with Gasteiger partial charge in [-0.2, -0.15) is 5.26 Å². The number of benzene rings is 1. The van der Waals surface area contributed by atoms with Crippen LogP contribution in [0.5, 0.6) is 0 Å². The maximum Gasteiger partial charge on any atom is 0.180 e. The van der Waals surface area contributed by atoms with Crippen molar-refractivity contribution in [2.75, 3.05) is 5.88 Å². The molecular weight excluding hydrogens is 221 g/mol. The number of nitriles is 1. The third kappa shape index (κ3) is 2.20. The Bertz CT molecular complexity index is 465. The van der Waals surface area contributed by atoms with Crippen LogP contribution in [0.2, 0.25) is 0 Å². The molecule has 0 spiro atoms. The van der Waals surface area contributed by atoms with Crippen molar-refractivity contribution < 1.29 is 14.0 Å². The molecule has 0 aliphatic carbocycles. The predicted molar refractivity (Wildman–Crippen MR) is 51.6 cm³/mol. The number of hydrogen-bond acceptors (Lipinski definition) is 3. The lowest BCUT2D eigenvalue weighted by Gasteiger charge is -2.02. The van der Waals surface area contributed by atoms with E-state index in [1.165, 1.54) is 0 Å². The summed E-state index contributed by atoms with van der Waals surface area (Å²) < 4.78 is 13.2. The Labute approximate surface area is 90.1 Å². The molecule has 0 N–H and O–H groups in total. The summed E-state index contributed by atoms with van der Waals surface area (Å²) in [6.45, 7) is 0. The Balaban J connectivity index is 3.40. The number of Topliss-reactive ketones (excluding diaryl/α,β-unsaturated/α-hetero) is 1. The van der Waals surface area contributed by atoms with Crippen molar-refractivity contribution in [1.82, 2.24) is 0 Å². The third-order valence-electron chi connectivity index (χ3n) is 1.81. The first-order chi connectivity index (χ1) is 7.13. The molecule has 1 aromatic carbocycles. The fourth-order valence-corrected chi connectivity index (χ4v) is 1.21. The number of carbonyl (C=O) groups is 2. The highest BCUT2D eigenvalue weighted by atomic mass is 35.5. The SMILES string of the molecule is N#Cc1cc(C(=O)CCl)c(F)cc1C=O. The molecule has 15 heavy (non-hydrogen) atoms. The molecule has 0 saturated carbocycles. The zero-order valence-corrected chi connectivity index (χ0v) is 8.21. The topological polar surface area (TPSA) is 57.9 Å². The molecule has 0 radical (unpaired) electrons. The van der Waals surface area contributed by atoms with Crippen molar-refractivity contribution >= 4 is 23.7 Å². The Morgan fingerprint density at radius 3 is 2.73 bits per heavy atom. The van der Waals surface area contributed by atoms with Gasteiger partial charge in [0.1, 0.15) is 5.82 Å². The maximum atomic E-state index is 13.2. The quantitative estimate of drug-likeness (QED) is 0.449. The Morgan fingerprint density at radius 2 is 2.27 bits per heavy atom. The number of nitrogens with zero attached hydrogens (tertiary/aromatic N) is 1. The highest BCUT2D eigenvalue weighted by Gasteiger charge is 2.14. The highest BCUT2D eigenvalue weighted by Crippen LogP contribution is 2.15. The van der Waals surface area contributed by atoms with Crippen molar-refractivity contribution in [3.8, 4) is 6.07 Å². The number of aldehydes is 1. The van der Waals surface area contributed by atoms with Crippen LogP contribution in [0.15, 0.2) is 12.1 Å². The molecule has 0 aliphatic rings. The first-order valence-corrected chi connectivity index (χ1v) is 4.45. The average Bonchev–Trinajstić information content (AvgIpc) is 2.27. The predicted octanol–water partition coefficient (Wildman–Crippen LogP) is 1.93. The first kappa shape index (κ1) is 11.3. The van der Waals surface area contributed by atoms with E-state index in [9.17, 15) is 14.0 Å². The number of hydrogen-bond donors (Lipinski definition) is 0. The minimum Gasteiger partial charge on any atom is -0.298 e. The first-order valence-electron chi connectivity index (χ1n) is 3.92. The molecule has 0 unspecified atom stereocenters. The van der Waals surface area contributed by atoms with Gasteiger partial charge in [-0.05, 0) is 12.1 Å². The van der Waals surface area contributed by atoms with E-state index in [1.807, 2.05) is 0 Å². The summed E-state index contributed by atoms with van der Waals surface area (Å²) in [4.78, 5) is 21.6. The van der Waals surface area contributed by atoms with E-state index < -0.39 is 11.6 Å². The molecule has 1 rings (SSSR count). The normalized spacial score (nSPS) is 9.40. The second kappa shape index (κ2) is 4.67. The summed E-state index contributed by atoms with van der Waals surface area (Å²) in [5.41, 5.74) is -0.395. The Morgan fingerprint density at radius 1 is 1.60 bits per heavy atom. The maximum absolute atomic E-state index is 13.2. The largest absolute Gasteiger partial charge is 0.298 e. The van der Waals surface area contributed by atoms with Gasteiger partial charge in [-0.25, -0.2) is 4.39 Å². The highest BCUT2D eigenvalue weighted by molar-refractivity contribution is 6.30. The van der Waals surface area contributed by atoms with Gasteiger partial charge in [0.25, 0.3) is 0 Å². The summed E-state index contributed by atoms with van der Waals surface area (Å²) in [7, 11) is 0. The second-order valence-corrected chi connectivity index (χ2v) is 2.97. The van der Waals surface area contributed by atoms with Crippen molar-refractivity contribution in [3.63, 3.8) is 0 Å². The third-order valence-corrected chi connectivity index (χ3v) is 2.05. The molecule has 0 aromatic heterocycles. The molecule has 3 nitrogen and oxygen atoms in total. The summed E-state index contributed by atoms with van der Waals surface area (Å²) in [6, 6.07) is 3.58. The van der Waals surface area contributed by atoms with Gasteiger partial charge < -0.3 is 0 Å². The Hall–Kier alpha value is -1.73. The van der Waals surface area contributed by atoms with Crippen LogP contribution >= 0.6 is 11.6 Å². The van der Waals surface area contributed by atoms with Crippen molar-refractivity contribution in [2.24, 2.45) is 0 Å². The van der Waals surface area contributed by atoms with Crippen molar-refractivity contribution in [2.45, 2.75) is 0 Å². The van der Waals surface area contributed by atoms with Gasteiger partial charge in [-0.3, -0.25) is 9.59 Å². The lowest BCUT2D eigenvalue weighted by atomic mass is 10.0. The van der Waals surface area contributed by atoms with E-state index >= 15 is 0 Å². The number of alkyl halides is 1. The van der Waals surface area contributed by atoms with Crippen molar-refractivity contribution in [3.05, 3.63) is 34.6 Å². The molecule has 0 aliphatic heterocycles. The fraction of sp³-hybridized carbons (Fsp3) is 0.100. The lowest BCUT2D eigenvalue weighted by molar-refractivity contribution is 0.101. The van der Waals surface area contributed by atoms with E-state index in [1.54, 1.807) is 6.07 Å². The summed E-state index contributed by atoms with van der Waals surface area (Å²) in [5, 5.41) is 8.64. The zero-order chi connectivity index (χ0) is 11.4. The van der Waals surface area contributed by atoms with Gasteiger partial charge in [0.15, 0.2) is 12.1 Å². The molecule has 0 amide bonds. The zero-order valence-electron chi connectivity index (χ0n) is 7.46. The lowest BCUT2D eigenvalue weighted by Crippen LogP contribution is -2.06. The van der Waals surface area contributed by atoms with Gasteiger partial charge in [-0.1, -0.05) is 0 Å². The number of halogens is 2. The van der Waals surface area contributed by atoms with Crippen LogP contribution in [-0.2, 0) is 0 Å². The van der Waals surface area contributed by atoms with E-state index in [2.05, 4.69) is 0 Å². The van der Waals surface area contributed by atoms with E-state index in [0.29, 0.717) is 6.29 Å². The van der Waals surface area contributed by atoms with Crippen molar-refractivity contribution in [1.29, 1.82) is 5.26 Å². The van der Waals surface area contributed by atoms with Crippen LogP contribution in [-0.4, -0.2) is 17.9 Å². The van der Waals surface area contributed by atoms with Crippen LogP contribution in [0.3, 0.4) is 0 Å². The van der Waals surface area contributed by atoms with Gasteiger partial charge in [0.05, 0.1) is 23.1 Å². The van der Waals surface area contributed by atoms with E-state index in [4.69, 9.17) is 16.9 Å². The van der Waals surface area contributed by atoms with Crippen LogP contribution in [0.25, 0.3) is 0 Å². The smallest absolute Gasteiger partial charge is 0.180 e. The van der Waals surface area contributed by atoms with Crippen LogP contribution in [0.1, 0.15) is 26.3 Å². The molecule has 0 heterocycles. The number of ketones is 1. The minimum absolute atomic E-state index is 0.0418. The molecule has 1 aromatic rings. The number of rotatable bonds is 3. The van der Waals surface area contributed by atoms with Crippen LogP contribution in [0, 0.1) is 17.1 Å². The molecule has 0 atom stereocenters. The second-order valence-electron chi connectivity index (χ2n) is 2.71. The van der Waals surface area contributed by atoms with Crippen LogP contribution in [0.4, 0.5) is 4.39 Å². The standard InChI is InChI=1S/C10H5ClFNO2/c11-3-10(15)8-1-6(4-13)7(5-14)2-9(8)12/h1-2,5H,3H2.